The topological polar surface area (TPSA) is 95.3 Å². The zero-order valence-electron chi connectivity index (χ0n) is 15.7. The third kappa shape index (κ3) is 4.54. The number of benzene rings is 1. The van der Waals surface area contributed by atoms with Gasteiger partial charge in [-0.3, -0.25) is 14.6 Å². The number of aromatic amines is 2. The number of hydrogen-bond donors (Lipinski definition) is 2. The van der Waals surface area contributed by atoms with Crippen LogP contribution in [0.4, 0.5) is 0 Å². The fourth-order valence-electron chi connectivity index (χ4n) is 3.48. The summed E-state index contributed by atoms with van der Waals surface area (Å²) in [6.07, 6.45) is 4.47. The van der Waals surface area contributed by atoms with Gasteiger partial charge in [0.2, 0.25) is 0 Å². The molecule has 1 saturated heterocycles. The molecule has 1 amide bonds. The van der Waals surface area contributed by atoms with Gasteiger partial charge in [0.05, 0.1) is 11.7 Å². The van der Waals surface area contributed by atoms with Gasteiger partial charge in [-0.2, -0.15) is 0 Å². The van der Waals surface area contributed by atoms with Gasteiger partial charge in [0, 0.05) is 31.5 Å². The quantitative estimate of drug-likeness (QED) is 0.813. The van der Waals surface area contributed by atoms with E-state index in [2.05, 4.69) is 9.97 Å². The van der Waals surface area contributed by atoms with Crippen LogP contribution >= 0.6 is 0 Å². The number of nitrogens with one attached hydrogen (secondary N) is 2. The Morgan fingerprint density at radius 1 is 1.22 bits per heavy atom. The largest absolute Gasteiger partial charge is 0.378 e. The van der Waals surface area contributed by atoms with E-state index < -0.39 is 11.2 Å². The first-order valence-corrected chi connectivity index (χ1v) is 9.26. The predicted octanol–water partition coefficient (Wildman–Crippen LogP) is 2.07. The van der Waals surface area contributed by atoms with E-state index in [0.29, 0.717) is 35.0 Å². The molecule has 1 fully saturated rings. The molecule has 1 aromatic carbocycles. The highest BCUT2D eigenvalue weighted by Gasteiger charge is 2.17. The van der Waals surface area contributed by atoms with E-state index in [1.165, 1.54) is 0 Å². The Labute approximate surface area is 157 Å². The molecule has 1 unspecified atom stereocenters. The summed E-state index contributed by atoms with van der Waals surface area (Å²) in [4.78, 5) is 42.5. The molecule has 0 bridgehead atoms. The maximum atomic E-state index is 12.6. The highest BCUT2D eigenvalue weighted by Crippen LogP contribution is 2.19. The average Bonchev–Trinajstić information content (AvgIpc) is 3.14. The summed E-state index contributed by atoms with van der Waals surface area (Å²) in [7, 11) is 1.79. The van der Waals surface area contributed by atoms with Crippen LogP contribution in [0, 0.1) is 6.92 Å². The van der Waals surface area contributed by atoms with Gasteiger partial charge in [-0.05, 0) is 50.3 Å². The Morgan fingerprint density at radius 3 is 2.59 bits per heavy atom. The van der Waals surface area contributed by atoms with Gasteiger partial charge in [-0.25, -0.2) is 4.79 Å². The van der Waals surface area contributed by atoms with Crippen molar-refractivity contribution in [2.45, 2.75) is 38.7 Å². The molecular weight excluding hydrogens is 346 g/mol. The van der Waals surface area contributed by atoms with Crippen LogP contribution in [0.3, 0.4) is 0 Å². The van der Waals surface area contributed by atoms with Gasteiger partial charge in [-0.1, -0.05) is 12.1 Å². The summed E-state index contributed by atoms with van der Waals surface area (Å²) in [6, 6.07) is 6.86. The second kappa shape index (κ2) is 8.35. The molecule has 0 radical (unpaired) electrons. The van der Waals surface area contributed by atoms with Gasteiger partial charge in [0.15, 0.2) is 0 Å². The molecule has 1 aliphatic rings. The van der Waals surface area contributed by atoms with E-state index >= 15 is 0 Å². The fourth-order valence-corrected chi connectivity index (χ4v) is 3.48. The Hall–Kier alpha value is -2.67. The van der Waals surface area contributed by atoms with Crippen LogP contribution in [-0.2, 0) is 4.74 Å². The molecule has 27 heavy (non-hydrogen) atoms. The molecule has 2 heterocycles. The van der Waals surface area contributed by atoms with E-state index in [4.69, 9.17) is 4.74 Å². The number of aromatic nitrogens is 2. The first kappa shape index (κ1) is 19.1. The van der Waals surface area contributed by atoms with Gasteiger partial charge in [-0.15, -0.1) is 0 Å². The minimum absolute atomic E-state index is 0.0546. The maximum Gasteiger partial charge on any atom is 0.325 e. The lowest BCUT2D eigenvalue weighted by molar-refractivity contribution is 0.0763. The second-order valence-electron chi connectivity index (χ2n) is 6.99. The molecular formula is C20H25N3O4. The normalized spacial score (nSPS) is 16.4. The molecule has 0 saturated carbocycles. The van der Waals surface area contributed by atoms with Crippen LogP contribution in [0.5, 0.6) is 0 Å². The number of rotatable bonds is 6. The van der Waals surface area contributed by atoms with E-state index in [9.17, 15) is 14.4 Å². The van der Waals surface area contributed by atoms with Gasteiger partial charge >= 0.3 is 5.69 Å². The fraction of sp³-hybridized carbons (Fsp3) is 0.450. The van der Waals surface area contributed by atoms with Crippen molar-refractivity contribution >= 4 is 5.91 Å². The molecule has 1 aromatic heterocycles. The smallest absolute Gasteiger partial charge is 0.325 e. The molecule has 144 valence electrons. The number of aryl methyl sites for hydroxylation is 1. The van der Waals surface area contributed by atoms with Crippen molar-refractivity contribution in [1.82, 2.24) is 14.9 Å². The lowest BCUT2D eigenvalue weighted by Gasteiger charge is -2.18. The van der Waals surface area contributed by atoms with Gasteiger partial charge in [0.1, 0.15) is 0 Å². The van der Waals surface area contributed by atoms with Gasteiger partial charge in [0.25, 0.3) is 11.5 Å². The van der Waals surface area contributed by atoms with Crippen molar-refractivity contribution in [1.29, 1.82) is 0 Å². The van der Waals surface area contributed by atoms with E-state index in [1.54, 1.807) is 43.1 Å². The van der Waals surface area contributed by atoms with Crippen LogP contribution in [0.2, 0.25) is 0 Å². The number of nitrogens with zero attached hydrogens (tertiary/aromatic N) is 1. The summed E-state index contributed by atoms with van der Waals surface area (Å²) in [5, 5.41) is 0. The predicted molar refractivity (Wildman–Crippen MR) is 103 cm³/mol. The highest BCUT2D eigenvalue weighted by molar-refractivity contribution is 5.94. The lowest BCUT2D eigenvalue weighted by atomic mass is 10.0. The number of amides is 1. The Bertz CT molecular complexity index is 908. The van der Waals surface area contributed by atoms with Crippen LogP contribution in [0.25, 0.3) is 11.1 Å². The lowest BCUT2D eigenvalue weighted by Crippen LogP contribution is -2.28. The first-order chi connectivity index (χ1) is 13.0. The van der Waals surface area contributed by atoms with Crippen molar-refractivity contribution in [3.8, 4) is 11.1 Å². The maximum absolute atomic E-state index is 12.6. The highest BCUT2D eigenvalue weighted by atomic mass is 16.5. The summed E-state index contributed by atoms with van der Waals surface area (Å²) < 4.78 is 5.61. The summed E-state index contributed by atoms with van der Waals surface area (Å²) in [5.74, 6) is -0.0546. The van der Waals surface area contributed by atoms with Crippen molar-refractivity contribution in [2.24, 2.45) is 0 Å². The van der Waals surface area contributed by atoms with E-state index in [-0.39, 0.29) is 5.91 Å². The van der Waals surface area contributed by atoms with Crippen molar-refractivity contribution in [3.05, 3.63) is 56.4 Å². The summed E-state index contributed by atoms with van der Waals surface area (Å²) in [6.45, 7) is 3.20. The van der Waals surface area contributed by atoms with E-state index in [1.807, 2.05) is 0 Å². The minimum Gasteiger partial charge on any atom is -0.378 e. The van der Waals surface area contributed by atoms with Crippen molar-refractivity contribution < 1.29 is 9.53 Å². The molecule has 1 atom stereocenters. The molecule has 1 aliphatic heterocycles. The molecule has 2 N–H and O–H groups in total. The number of hydrogen-bond acceptors (Lipinski definition) is 4. The van der Waals surface area contributed by atoms with Crippen LogP contribution in [0.15, 0.2) is 33.9 Å². The molecule has 0 spiro atoms. The Balaban J connectivity index is 1.65. The Kier molecular flexibility index (Phi) is 5.91. The van der Waals surface area contributed by atoms with Crippen molar-refractivity contribution in [2.75, 3.05) is 20.2 Å². The van der Waals surface area contributed by atoms with Gasteiger partial charge < -0.3 is 14.6 Å². The molecule has 3 rings (SSSR count). The monoisotopic (exact) mass is 371 g/mol. The molecule has 7 nitrogen and oxygen atoms in total. The summed E-state index contributed by atoms with van der Waals surface area (Å²) in [5.41, 5.74) is 1.14. The van der Waals surface area contributed by atoms with Crippen LogP contribution < -0.4 is 11.2 Å². The van der Waals surface area contributed by atoms with E-state index in [0.717, 1.165) is 32.3 Å². The zero-order valence-corrected chi connectivity index (χ0v) is 15.7. The SMILES string of the molecule is Cc1[nH]c(=O)[nH]c(=O)c1-c1ccc(C(=O)N(C)CCCC2CCCO2)cc1. The average molecular weight is 371 g/mol. The molecule has 7 heteroatoms. The third-order valence-corrected chi connectivity index (χ3v) is 4.94. The standard InChI is InChI=1S/C20H25N3O4/c1-13-17(18(24)22-20(26)21-13)14-7-9-15(10-8-14)19(25)23(2)11-3-5-16-6-4-12-27-16/h7-10,16H,3-6,11-12H2,1-2H3,(H2,21,22,24,26). The Morgan fingerprint density at radius 2 is 1.96 bits per heavy atom. The second-order valence-corrected chi connectivity index (χ2v) is 6.99. The van der Waals surface area contributed by atoms with Crippen LogP contribution in [-0.4, -0.2) is 47.1 Å². The minimum atomic E-state index is -0.530. The van der Waals surface area contributed by atoms with Crippen molar-refractivity contribution in [3.63, 3.8) is 0 Å². The number of carbonyl (C=O) groups excluding carboxylic acids is 1. The van der Waals surface area contributed by atoms with Crippen LogP contribution in [0.1, 0.15) is 41.7 Å². The third-order valence-electron chi connectivity index (χ3n) is 4.94. The number of carbonyl (C=O) groups is 1. The molecule has 0 aliphatic carbocycles. The summed E-state index contributed by atoms with van der Waals surface area (Å²) >= 11 is 0. The molecule has 2 aromatic rings. The number of ether oxygens (including phenoxy) is 1. The first-order valence-electron chi connectivity index (χ1n) is 9.26. The number of H-pyrrole nitrogens is 2. The zero-order chi connectivity index (χ0) is 19.4.